The number of ketones is 2. The molecule has 0 unspecified atom stereocenters. The van der Waals surface area contributed by atoms with Gasteiger partial charge in [0, 0.05) is 16.1 Å². The van der Waals surface area contributed by atoms with Gasteiger partial charge in [0.2, 0.25) is 5.78 Å². The van der Waals surface area contributed by atoms with E-state index in [4.69, 9.17) is 21.1 Å². The number of halogens is 1. The molecule has 4 rings (SSSR count). The molecule has 3 aromatic carbocycles. The van der Waals surface area contributed by atoms with Crippen LogP contribution in [0.3, 0.4) is 0 Å². The first kappa shape index (κ1) is 19.0. The molecule has 144 valence electrons. The minimum absolute atomic E-state index is 0.123. The van der Waals surface area contributed by atoms with Gasteiger partial charge in [0.15, 0.2) is 18.1 Å². The maximum absolute atomic E-state index is 12.6. The van der Waals surface area contributed by atoms with Crippen LogP contribution >= 0.6 is 11.6 Å². The zero-order valence-corrected chi connectivity index (χ0v) is 16.4. The Kier molecular flexibility index (Phi) is 5.19. The molecule has 0 bridgehead atoms. The SMILES string of the molecule is Cc1c(OCC(=O)c2ccc(Cl)cc2)ccc2c1O/C(=C\c1ccccc1)C2=O. The Bertz CT molecular complexity index is 1120. The monoisotopic (exact) mass is 404 g/mol. The van der Waals surface area contributed by atoms with E-state index < -0.39 is 0 Å². The molecule has 0 amide bonds. The van der Waals surface area contributed by atoms with Crippen molar-refractivity contribution in [2.45, 2.75) is 6.92 Å². The molecular weight excluding hydrogens is 388 g/mol. The summed E-state index contributed by atoms with van der Waals surface area (Å²) < 4.78 is 11.5. The molecule has 0 aliphatic carbocycles. The molecule has 0 radical (unpaired) electrons. The van der Waals surface area contributed by atoms with Gasteiger partial charge in [-0.1, -0.05) is 41.9 Å². The zero-order chi connectivity index (χ0) is 20.4. The fourth-order valence-electron chi connectivity index (χ4n) is 3.09. The molecule has 0 spiro atoms. The topological polar surface area (TPSA) is 52.6 Å². The van der Waals surface area contributed by atoms with Gasteiger partial charge in [-0.05, 0) is 55.0 Å². The summed E-state index contributed by atoms with van der Waals surface area (Å²) in [5, 5.41) is 0.568. The molecule has 1 aliphatic heterocycles. The molecule has 0 atom stereocenters. The van der Waals surface area contributed by atoms with Gasteiger partial charge >= 0.3 is 0 Å². The van der Waals surface area contributed by atoms with Crippen molar-refractivity contribution in [2.24, 2.45) is 0 Å². The lowest BCUT2D eigenvalue weighted by Gasteiger charge is -2.11. The third-order valence-corrected chi connectivity index (χ3v) is 4.91. The normalized spacial score (nSPS) is 13.9. The summed E-state index contributed by atoms with van der Waals surface area (Å²) in [5.74, 6) is 0.899. The lowest BCUT2D eigenvalue weighted by atomic mass is 10.1. The highest BCUT2D eigenvalue weighted by Crippen LogP contribution is 2.39. The number of Topliss-reactive ketones (excluding diaryl/α,β-unsaturated/α-hetero) is 2. The fraction of sp³-hybridized carbons (Fsp3) is 0.0833. The quantitative estimate of drug-likeness (QED) is 0.414. The molecule has 0 fully saturated rings. The molecule has 0 saturated heterocycles. The summed E-state index contributed by atoms with van der Waals surface area (Å²) in [6.45, 7) is 1.68. The summed E-state index contributed by atoms with van der Waals surface area (Å²) >= 11 is 5.85. The van der Waals surface area contributed by atoms with Crippen LogP contribution in [-0.2, 0) is 0 Å². The Morgan fingerprint density at radius 1 is 1.03 bits per heavy atom. The number of ether oxygens (including phenoxy) is 2. The highest BCUT2D eigenvalue weighted by atomic mass is 35.5. The van der Waals surface area contributed by atoms with Gasteiger partial charge in [-0.2, -0.15) is 0 Å². The highest BCUT2D eigenvalue weighted by Gasteiger charge is 2.30. The van der Waals surface area contributed by atoms with E-state index in [2.05, 4.69) is 0 Å². The maximum atomic E-state index is 12.6. The van der Waals surface area contributed by atoms with Gasteiger partial charge in [-0.3, -0.25) is 9.59 Å². The van der Waals surface area contributed by atoms with E-state index in [1.165, 1.54) is 0 Å². The summed E-state index contributed by atoms with van der Waals surface area (Å²) in [7, 11) is 0. The number of carbonyl (C=O) groups is 2. The average Bonchev–Trinajstić information content (AvgIpc) is 3.05. The number of carbonyl (C=O) groups excluding carboxylic acids is 2. The van der Waals surface area contributed by atoms with Crippen molar-refractivity contribution in [3.05, 3.63) is 99.8 Å². The van der Waals surface area contributed by atoms with E-state index >= 15 is 0 Å². The molecule has 0 aromatic heterocycles. The number of fused-ring (bicyclic) bond motifs is 1. The fourth-order valence-corrected chi connectivity index (χ4v) is 3.21. The number of allylic oxidation sites excluding steroid dienone is 1. The lowest BCUT2D eigenvalue weighted by Crippen LogP contribution is -2.12. The number of benzene rings is 3. The van der Waals surface area contributed by atoms with E-state index in [1.54, 1.807) is 49.4 Å². The first-order chi connectivity index (χ1) is 14.0. The second kappa shape index (κ2) is 7.94. The Balaban J connectivity index is 1.52. The largest absolute Gasteiger partial charge is 0.485 e. The van der Waals surface area contributed by atoms with E-state index in [0.29, 0.717) is 33.2 Å². The van der Waals surface area contributed by atoms with Crippen molar-refractivity contribution in [3.63, 3.8) is 0 Å². The average molecular weight is 405 g/mol. The van der Waals surface area contributed by atoms with Crippen LogP contribution in [0.15, 0.2) is 72.5 Å². The van der Waals surface area contributed by atoms with Gasteiger partial charge in [-0.25, -0.2) is 0 Å². The van der Waals surface area contributed by atoms with Gasteiger partial charge < -0.3 is 9.47 Å². The van der Waals surface area contributed by atoms with Crippen LogP contribution in [0.1, 0.15) is 31.8 Å². The van der Waals surface area contributed by atoms with Crippen LogP contribution in [0, 0.1) is 6.92 Å². The Labute approximate surface area is 173 Å². The molecule has 0 saturated carbocycles. The number of hydrogen-bond acceptors (Lipinski definition) is 4. The predicted molar refractivity (Wildman–Crippen MR) is 112 cm³/mol. The summed E-state index contributed by atoms with van der Waals surface area (Å²) in [6, 6.07) is 19.5. The van der Waals surface area contributed by atoms with Crippen LogP contribution in [-0.4, -0.2) is 18.2 Å². The van der Waals surface area contributed by atoms with Crippen molar-refractivity contribution >= 4 is 29.2 Å². The van der Waals surface area contributed by atoms with E-state index in [1.807, 2.05) is 30.3 Å². The maximum Gasteiger partial charge on any atom is 0.231 e. The standard InChI is InChI=1S/C24H17ClO4/c1-15-21(28-14-20(26)17-7-9-18(25)10-8-17)12-11-19-23(27)22(29-24(15)19)13-16-5-3-2-4-6-16/h2-13H,14H2,1H3/b22-13-. The molecule has 4 nitrogen and oxygen atoms in total. The van der Waals surface area contributed by atoms with Crippen molar-refractivity contribution in [1.29, 1.82) is 0 Å². The van der Waals surface area contributed by atoms with Crippen LogP contribution in [0.4, 0.5) is 0 Å². The molecule has 1 aliphatic rings. The van der Waals surface area contributed by atoms with E-state index in [9.17, 15) is 9.59 Å². The number of hydrogen-bond donors (Lipinski definition) is 0. The summed E-state index contributed by atoms with van der Waals surface area (Å²) in [4.78, 5) is 25.0. The molecule has 0 N–H and O–H groups in total. The van der Waals surface area contributed by atoms with Crippen LogP contribution in [0.5, 0.6) is 11.5 Å². The van der Waals surface area contributed by atoms with Gasteiger partial charge in [0.25, 0.3) is 0 Å². The Morgan fingerprint density at radius 3 is 2.48 bits per heavy atom. The third kappa shape index (κ3) is 3.93. The molecule has 1 heterocycles. The van der Waals surface area contributed by atoms with Crippen molar-refractivity contribution < 1.29 is 19.1 Å². The molecule has 29 heavy (non-hydrogen) atoms. The predicted octanol–water partition coefficient (Wildman–Crippen LogP) is 5.53. The Hall–Kier alpha value is -3.37. The second-order valence-corrected chi connectivity index (χ2v) is 7.07. The molecule has 5 heteroatoms. The molecular formula is C24H17ClO4. The van der Waals surface area contributed by atoms with E-state index in [0.717, 1.165) is 5.56 Å². The first-order valence-electron chi connectivity index (χ1n) is 9.07. The summed E-state index contributed by atoms with van der Waals surface area (Å²) in [5.41, 5.74) is 2.57. The Morgan fingerprint density at radius 2 is 1.76 bits per heavy atom. The van der Waals surface area contributed by atoms with Gasteiger partial charge in [0.05, 0.1) is 5.56 Å². The lowest BCUT2D eigenvalue weighted by molar-refractivity contribution is 0.0920. The van der Waals surface area contributed by atoms with Crippen molar-refractivity contribution in [3.8, 4) is 11.5 Å². The van der Waals surface area contributed by atoms with Gasteiger partial charge in [0.1, 0.15) is 11.5 Å². The van der Waals surface area contributed by atoms with E-state index in [-0.39, 0.29) is 23.9 Å². The minimum Gasteiger partial charge on any atom is -0.485 e. The van der Waals surface area contributed by atoms with Crippen molar-refractivity contribution in [1.82, 2.24) is 0 Å². The zero-order valence-electron chi connectivity index (χ0n) is 15.6. The number of rotatable bonds is 5. The second-order valence-electron chi connectivity index (χ2n) is 6.63. The molecule has 3 aromatic rings. The van der Waals surface area contributed by atoms with Crippen LogP contribution in [0.2, 0.25) is 5.02 Å². The van der Waals surface area contributed by atoms with Crippen molar-refractivity contribution in [2.75, 3.05) is 6.61 Å². The summed E-state index contributed by atoms with van der Waals surface area (Å²) in [6.07, 6.45) is 1.71. The van der Waals surface area contributed by atoms with Crippen LogP contribution < -0.4 is 9.47 Å². The van der Waals surface area contributed by atoms with Gasteiger partial charge in [-0.15, -0.1) is 0 Å². The minimum atomic E-state index is -0.171. The third-order valence-electron chi connectivity index (χ3n) is 4.66. The highest BCUT2D eigenvalue weighted by molar-refractivity contribution is 6.30. The first-order valence-corrected chi connectivity index (χ1v) is 9.45. The smallest absolute Gasteiger partial charge is 0.231 e. The van der Waals surface area contributed by atoms with Crippen LogP contribution in [0.25, 0.3) is 6.08 Å².